The summed E-state index contributed by atoms with van der Waals surface area (Å²) >= 11 is 2.84. The topological polar surface area (TPSA) is 104 Å². The Morgan fingerprint density at radius 3 is 2.82 bits per heavy atom. The monoisotopic (exact) mass is 438 g/mol. The van der Waals surface area contributed by atoms with Gasteiger partial charge in [0.05, 0.1) is 17.1 Å². The van der Waals surface area contributed by atoms with Gasteiger partial charge in [0, 0.05) is 13.0 Å². The average molecular weight is 439 g/mol. The molecule has 28 heavy (non-hydrogen) atoms. The second-order valence-electron chi connectivity index (χ2n) is 6.12. The van der Waals surface area contributed by atoms with E-state index < -0.39 is 10.0 Å². The van der Waals surface area contributed by atoms with Crippen molar-refractivity contribution in [3.63, 3.8) is 0 Å². The van der Waals surface area contributed by atoms with Gasteiger partial charge in [0.25, 0.3) is 0 Å². The molecule has 1 atom stereocenters. The number of amides is 1. The third kappa shape index (κ3) is 5.34. The Kier molecular flexibility index (Phi) is 7.11. The van der Waals surface area contributed by atoms with Gasteiger partial charge in [-0.2, -0.15) is 11.8 Å². The number of rotatable bonds is 10. The third-order valence-electron chi connectivity index (χ3n) is 4.09. The van der Waals surface area contributed by atoms with Crippen LogP contribution in [-0.2, 0) is 14.8 Å². The van der Waals surface area contributed by atoms with Crippen LogP contribution in [0, 0.1) is 0 Å². The van der Waals surface area contributed by atoms with E-state index in [4.69, 9.17) is 0 Å². The fraction of sp³-hybridized carbons (Fsp3) is 0.333. The van der Waals surface area contributed by atoms with E-state index in [9.17, 15) is 13.2 Å². The summed E-state index contributed by atoms with van der Waals surface area (Å²) in [6, 6.07) is 10.7. The molecule has 0 saturated carbocycles. The Morgan fingerprint density at radius 2 is 2.11 bits per heavy atom. The molecule has 0 radical (unpaired) electrons. The standard InChI is InChI=1S/C18H22N4O3S3/c1-26-12-9-15(18-21-13-5-2-3-6-14(13)22-18)20-16(23)8-10-19-28(24,25)17-7-4-11-27-17/h2-7,11,15,19H,8-10,12H2,1H3,(H,20,23)(H,21,22)/t15-/m0/s1. The highest BCUT2D eigenvalue weighted by molar-refractivity contribution is 7.98. The molecule has 0 fully saturated rings. The highest BCUT2D eigenvalue weighted by atomic mass is 32.2. The fourth-order valence-electron chi connectivity index (χ4n) is 2.70. The van der Waals surface area contributed by atoms with E-state index in [0.29, 0.717) is 5.82 Å². The van der Waals surface area contributed by atoms with Crippen molar-refractivity contribution < 1.29 is 13.2 Å². The van der Waals surface area contributed by atoms with Crippen LogP contribution in [0.5, 0.6) is 0 Å². The van der Waals surface area contributed by atoms with Gasteiger partial charge in [-0.15, -0.1) is 11.3 Å². The number of hydrogen-bond donors (Lipinski definition) is 3. The number of aromatic amines is 1. The third-order valence-corrected chi connectivity index (χ3v) is 7.59. The van der Waals surface area contributed by atoms with Crippen molar-refractivity contribution in [2.24, 2.45) is 0 Å². The number of fused-ring (bicyclic) bond motifs is 1. The average Bonchev–Trinajstić information content (AvgIpc) is 3.34. The second kappa shape index (κ2) is 9.55. The zero-order chi connectivity index (χ0) is 20.0. The molecule has 150 valence electrons. The van der Waals surface area contributed by atoms with Gasteiger partial charge in [-0.25, -0.2) is 18.1 Å². The maximum Gasteiger partial charge on any atom is 0.250 e. The first kappa shape index (κ1) is 20.8. The zero-order valence-electron chi connectivity index (χ0n) is 15.3. The van der Waals surface area contributed by atoms with E-state index in [1.54, 1.807) is 23.2 Å². The molecule has 3 aromatic rings. The van der Waals surface area contributed by atoms with Crippen molar-refractivity contribution in [1.29, 1.82) is 0 Å². The Labute approximate surface area is 172 Å². The number of carbonyl (C=O) groups excluding carboxylic acids is 1. The lowest BCUT2D eigenvalue weighted by atomic mass is 10.2. The maximum atomic E-state index is 12.4. The number of benzene rings is 1. The molecule has 2 aromatic heterocycles. The Bertz CT molecular complexity index is 983. The number of thioether (sulfide) groups is 1. The van der Waals surface area contributed by atoms with Crippen molar-refractivity contribution in [3.05, 3.63) is 47.6 Å². The number of H-pyrrole nitrogens is 1. The number of aromatic nitrogens is 2. The predicted octanol–water partition coefficient (Wildman–Crippen LogP) is 2.90. The Morgan fingerprint density at radius 1 is 1.29 bits per heavy atom. The van der Waals surface area contributed by atoms with Crippen LogP contribution in [0.3, 0.4) is 0 Å². The van der Waals surface area contributed by atoms with Crippen LogP contribution in [0.15, 0.2) is 46.0 Å². The minimum absolute atomic E-state index is 0.0431. The molecule has 1 amide bonds. The number of thiophene rings is 1. The van der Waals surface area contributed by atoms with Crippen LogP contribution in [0.25, 0.3) is 11.0 Å². The van der Waals surface area contributed by atoms with Crippen LogP contribution in [0.4, 0.5) is 0 Å². The number of carbonyl (C=O) groups is 1. The lowest BCUT2D eigenvalue weighted by Gasteiger charge is -2.16. The number of nitrogens with zero attached hydrogens (tertiary/aromatic N) is 1. The fourth-order valence-corrected chi connectivity index (χ4v) is 5.24. The van der Waals surface area contributed by atoms with Crippen molar-refractivity contribution in [1.82, 2.24) is 20.0 Å². The molecule has 0 aliphatic carbocycles. The van der Waals surface area contributed by atoms with Crippen LogP contribution in [0.1, 0.15) is 24.7 Å². The van der Waals surface area contributed by atoms with Gasteiger partial charge in [0.15, 0.2) is 0 Å². The molecule has 0 spiro atoms. The van der Waals surface area contributed by atoms with E-state index in [-0.39, 0.29) is 29.1 Å². The number of hydrogen-bond acceptors (Lipinski definition) is 6. The minimum atomic E-state index is -3.56. The van der Waals surface area contributed by atoms with Gasteiger partial charge in [0.1, 0.15) is 10.0 Å². The molecule has 0 saturated heterocycles. The van der Waals surface area contributed by atoms with Gasteiger partial charge in [-0.1, -0.05) is 18.2 Å². The van der Waals surface area contributed by atoms with E-state index in [1.807, 2.05) is 30.5 Å². The lowest BCUT2D eigenvalue weighted by molar-refractivity contribution is -0.121. The van der Waals surface area contributed by atoms with Crippen LogP contribution in [-0.4, -0.2) is 42.8 Å². The number of sulfonamides is 1. The van der Waals surface area contributed by atoms with Crippen molar-refractivity contribution >= 4 is 50.1 Å². The summed E-state index contributed by atoms with van der Waals surface area (Å²) in [5.74, 6) is 1.36. The molecule has 10 heteroatoms. The largest absolute Gasteiger partial charge is 0.346 e. The Balaban J connectivity index is 1.60. The molecule has 3 rings (SSSR count). The van der Waals surface area contributed by atoms with Gasteiger partial charge in [-0.05, 0) is 42.0 Å². The maximum absolute atomic E-state index is 12.4. The highest BCUT2D eigenvalue weighted by Crippen LogP contribution is 2.20. The van der Waals surface area contributed by atoms with Gasteiger partial charge in [-0.3, -0.25) is 4.79 Å². The number of nitrogens with one attached hydrogen (secondary N) is 3. The summed E-state index contributed by atoms with van der Waals surface area (Å²) < 4.78 is 26.9. The van der Waals surface area contributed by atoms with Gasteiger partial charge >= 0.3 is 0 Å². The van der Waals surface area contributed by atoms with E-state index in [1.165, 1.54) is 6.07 Å². The van der Waals surface area contributed by atoms with Crippen LogP contribution < -0.4 is 10.0 Å². The minimum Gasteiger partial charge on any atom is -0.346 e. The van der Waals surface area contributed by atoms with Crippen LogP contribution in [0.2, 0.25) is 0 Å². The van der Waals surface area contributed by atoms with Gasteiger partial charge in [0.2, 0.25) is 15.9 Å². The summed E-state index contributed by atoms with van der Waals surface area (Å²) in [6.07, 6.45) is 2.80. The first-order valence-corrected chi connectivity index (χ1v) is 12.5. The van der Waals surface area contributed by atoms with E-state index in [2.05, 4.69) is 20.0 Å². The zero-order valence-corrected chi connectivity index (χ0v) is 17.8. The van der Waals surface area contributed by atoms with E-state index >= 15 is 0 Å². The molecular formula is C18H22N4O3S3. The number of para-hydroxylation sites is 2. The summed E-state index contributed by atoms with van der Waals surface area (Å²) in [7, 11) is -3.56. The summed E-state index contributed by atoms with van der Waals surface area (Å²) in [5, 5.41) is 4.67. The summed E-state index contributed by atoms with van der Waals surface area (Å²) in [5.41, 5.74) is 1.77. The second-order valence-corrected chi connectivity index (χ2v) is 10.0. The first-order valence-electron chi connectivity index (χ1n) is 8.76. The molecular weight excluding hydrogens is 416 g/mol. The Hall–Kier alpha value is -1.88. The molecule has 0 aliphatic heterocycles. The highest BCUT2D eigenvalue weighted by Gasteiger charge is 2.19. The van der Waals surface area contributed by atoms with Crippen molar-refractivity contribution in [3.8, 4) is 0 Å². The molecule has 3 N–H and O–H groups in total. The molecule has 2 heterocycles. The van der Waals surface area contributed by atoms with Crippen molar-refractivity contribution in [2.45, 2.75) is 23.1 Å². The van der Waals surface area contributed by atoms with E-state index in [0.717, 1.165) is 34.5 Å². The SMILES string of the molecule is CSCC[C@H](NC(=O)CCNS(=O)(=O)c1cccs1)c1nc2ccccc2[nH]1. The summed E-state index contributed by atoms with van der Waals surface area (Å²) in [6.45, 7) is 0.0431. The number of imidazole rings is 1. The molecule has 0 bridgehead atoms. The lowest BCUT2D eigenvalue weighted by Crippen LogP contribution is -2.33. The first-order chi connectivity index (χ1) is 13.5. The van der Waals surface area contributed by atoms with Gasteiger partial charge < -0.3 is 10.3 Å². The normalized spacial score (nSPS) is 12.9. The quantitative estimate of drug-likeness (QED) is 0.452. The molecule has 7 nitrogen and oxygen atoms in total. The predicted molar refractivity (Wildman–Crippen MR) is 114 cm³/mol. The molecule has 0 aliphatic rings. The van der Waals surface area contributed by atoms with Crippen LogP contribution >= 0.6 is 23.1 Å². The molecule has 0 unspecified atom stereocenters. The smallest absolute Gasteiger partial charge is 0.250 e. The summed E-state index contributed by atoms with van der Waals surface area (Å²) in [4.78, 5) is 20.2. The van der Waals surface area contributed by atoms with Crippen molar-refractivity contribution in [2.75, 3.05) is 18.6 Å². The molecule has 1 aromatic carbocycles.